The van der Waals surface area contributed by atoms with Gasteiger partial charge in [0.25, 0.3) is 5.69 Å². The highest BCUT2D eigenvalue weighted by atomic mass is 16.6. The topological polar surface area (TPSA) is 98.3 Å². The molecular weight excluding hydrogens is 210 g/mol. The zero-order chi connectivity index (χ0) is 12.1. The number of rotatable bonds is 5. The number of carbonyl (C=O) groups excluding carboxylic acids is 1. The van der Waals surface area contributed by atoms with E-state index in [9.17, 15) is 14.9 Å². The summed E-state index contributed by atoms with van der Waals surface area (Å²) in [5, 5.41) is 13.5. The minimum atomic E-state index is -0.428. The Morgan fingerprint density at radius 3 is 2.75 bits per heavy atom. The third-order valence-corrected chi connectivity index (χ3v) is 2.09. The number of anilines is 1. The maximum absolute atomic E-state index is 10.6. The first kappa shape index (κ1) is 12.0. The van der Waals surface area contributed by atoms with Gasteiger partial charge in [-0.15, -0.1) is 0 Å². The molecule has 0 radical (unpaired) electrons. The van der Waals surface area contributed by atoms with Crippen LogP contribution in [0.15, 0.2) is 18.2 Å². The highest BCUT2D eigenvalue weighted by Crippen LogP contribution is 2.21. The lowest BCUT2D eigenvalue weighted by molar-refractivity contribution is -0.385. The molecule has 1 rings (SSSR count). The van der Waals surface area contributed by atoms with E-state index in [1.807, 2.05) is 0 Å². The van der Waals surface area contributed by atoms with E-state index in [2.05, 4.69) is 5.32 Å². The van der Waals surface area contributed by atoms with Crippen molar-refractivity contribution in [3.05, 3.63) is 33.9 Å². The number of carbonyl (C=O) groups is 1. The van der Waals surface area contributed by atoms with Crippen molar-refractivity contribution < 1.29 is 9.72 Å². The Bertz CT molecular complexity index is 418. The molecule has 0 saturated heterocycles. The lowest BCUT2D eigenvalue weighted by Gasteiger charge is -2.05. The van der Waals surface area contributed by atoms with Crippen LogP contribution in [0.25, 0.3) is 0 Å². The van der Waals surface area contributed by atoms with Gasteiger partial charge in [0.15, 0.2) is 0 Å². The number of amides is 1. The molecule has 16 heavy (non-hydrogen) atoms. The summed E-state index contributed by atoms with van der Waals surface area (Å²) in [6.07, 6.45) is 0.232. The van der Waals surface area contributed by atoms with Crippen LogP contribution >= 0.6 is 0 Å². The van der Waals surface area contributed by atoms with Gasteiger partial charge in [-0.2, -0.15) is 0 Å². The van der Waals surface area contributed by atoms with Gasteiger partial charge in [-0.05, 0) is 19.1 Å². The van der Waals surface area contributed by atoms with Crippen molar-refractivity contribution in [2.45, 2.75) is 13.3 Å². The largest absolute Gasteiger partial charge is 0.385 e. The molecule has 1 amide bonds. The van der Waals surface area contributed by atoms with E-state index in [-0.39, 0.29) is 18.0 Å². The standard InChI is InChI=1S/C10H13N3O3/c1-7-6-8(12-5-4-10(11)14)2-3-9(7)13(15)16/h2-3,6,12H,4-5H2,1H3,(H2,11,14). The third kappa shape index (κ3) is 3.23. The number of nitro benzene ring substituents is 1. The Kier molecular flexibility index (Phi) is 3.82. The third-order valence-electron chi connectivity index (χ3n) is 2.09. The predicted molar refractivity (Wildman–Crippen MR) is 60.1 cm³/mol. The normalized spacial score (nSPS) is 9.81. The lowest BCUT2D eigenvalue weighted by Crippen LogP contribution is -2.15. The van der Waals surface area contributed by atoms with Crippen LogP contribution in [-0.4, -0.2) is 17.4 Å². The van der Waals surface area contributed by atoms with Crippen molar-refractivity contribution in [1.82, 2.24) is 0 Å². The molecule has 0 aliphatic carbocycles. The van der Waals surface area contributed by atoms with Gasteiger partial charge in [0.1, 0.15) is 0 Å². The van der Waals surface area contributed by atoms with E-state index < -0.39 is 4.92 Å². The van der Waals surface area contributed by atoms with Gasteiger partial charge in [-0.1, -0.05) is 0 Å². The zero-order valence-electron chi connectivity index (χ0n) is 8.90. The quantitative estimate of drug-likeness (QED) is 0.578. The van der Waals surface area contributed by atoms with Gasteiger partial charge in [0, 0.05) is 30.3 Å². The van der Waals surface area contributed by atoms with Crippen LogP contribution in [0.3, 0.4) is 0 Å². The molecule has 0 saturated carbocycles. The fourth-order valence-corrected chi connectivity index (χ4v) is 1.30. The second-order valence-corrected chi connectivity index (χ2v) is 3.40. The molecule has 0 spiro atoms. The minimum Gasteiger partial charge on any atom is -0.385 e. The van der Waals surface area contributed by atoms with Crippen molar-refractivity contribution >= 4 is 17.3 Å². The van der Waals surface area contributed by atoms with Crippen LogP contribution in [-0.2, 0) is 4.79 Å². The number of benzene rings is 1. The second-order valence-electron chi connectivity index (χ2n) is 3.40. The molecule has 0 aromatic heterocycles. The first-order chi connectivity index (χ1) is 7.50. The summed E-state index contributed by atoms with van der Waals surface area (Å²) < 4.78 is 0. The molecule has 86 valence electrons. The molecule has 0 fully saturated rings. The van der Waals surface area contributed by atoms with Crippen molar-refractivity contribution in [2.24, 2.45) is 5.73 Å². The van der Waals surface area contributed by atoms with Crippen molar-refractivity contribution in [3.8, 4) is 0 Å². The minimum absolute atomic E-state index is 0.0838. The fraction of sp³-hybridized carbons (Fsp3) is 0.300. The van der Waals surface area contributed by atoms with E-state index in [1.54, 1.807) is 19.1 Å². The van der Waals surface area contributed by atoms with Crippen LogP contribution in [0, 0.1) is 17.0 Å². The number of aryl methyl sites for hydroxylation is 1. The first-order valence-electron chi connectivity index (χ1n) is 4.78. The molecular formula is C10H13N3O3. The molecule has 1 aromatic carbocycles. The summed E-state index contributed by atoms with van der Waals surface area (Å²) in [5.41, 5.74) is 6.38. The number of nitro groups is 1. The molecule has 0 aliphatic rings. The van der Waals surface area contributed by atoms with E-state index in [4.69, 9.17) is 5.73 Å². The van der Waals surface area contributed by atoms with Crippen molar-refractivity contribution in [1.29, 1.82) is 0 Å². The first-order valence-corrected chi connectivity index (χ1v) is 4.78. The summed E-state index contributed by atoms with van der Waals surface area (Å²) in [4.78, 5) is 20.6. The number of nitrogens with zero attached hydrogens (tertiary/aromatic N) is 1. The van der Waals surface area contributed by atoms with Gasteiger partial charge >= 0.3 is 0 Å². The Balaban J connectivity index is 2.66. The van der Waals surface area contributed by atoms with Crippen LogP contribution in [0.2, 0.25) is 0 Å². The number of primary amides is 1. The van der Waals surface area contributed by atoms with E-state index in [0.717, 1.165) is 5.69 Å². The highest BCUT2D eigenvalue weighted by Gasteiger charge is 2.09. The molecule has 0 heterocycles. The summed E-state index contributed by atoms with van der Waals surface area (Å²) in [6, 6.07) is 4.70. The molecule has 3 N–H and O–H groups in total. The summed E-state index contributed by atoms with van der Waals surface area (Å²) >= 11 is 0. The van der Waals surface area contributed by atoms with Crippen LogP contribution in [0.5, 0.6) is 0 Å². The molecule has 0 bridgehead atoms. The molecule has 6 nitrogen and oxygen atoms in total. The van der Waals surface area contributed by atoms with Crippen molar-refractivity contribution in [3.63, 3.8) is 0 Å². The Labute approximate surface area is 92.6 Å². The predicted octanol–water partition coefficient (Wildman–Crippen LogP) is 1.19. The average Bonchev–Trinajstić information content (AvgIpc) is 2.16. The Morgan fingerprint density at radius 1 is 1.56 bits per heavy atom. The monoisotopic (exact) mass is 223 g/mol. The van der Waals surface area contributed by atoms with Crippen LogP contribution < -0.4 is 11.1 Å². The molecule has 6 heteroatoms. The van der Waals surface area contributed by atoms with E-state index in [1.165, 1.54) is 6.07 Å². The lowest BCUT2D eigenvalue weighted by atomic mass is 10.2. The van der Waals surface area contributed by atoms with Crippen LogP contribution in [0.1, 0.15) is 12.0 Å². The van der Waals surface area contributed by atoms with Gasteiger partial charge < -0.3 is 11.1 Å². The Hall–Kier alpha value is -2.11. The highest BCUT2D eigenvalue weighted by molar-refractivity contribution is 5.74. The van der Waals surface area contributed by atoms with Gasteiger partial charge in [0.05, 0.1) is 4.92 Å². The molecule has 0 aliphatic heterocycles. The smallest absolute Gasteiger partial charge is 0.272 e. The maximum Gasteiger partial charge on any atom is 0.272 e. The molecule has 0 atom stereocenters. The number of nitrogens with two attached hydrogens (primary N) is 1. The fourth-order valence-electron chi connectivity index (χ4n) is 1.30. The van der Waals surface area contributed by atoms with Gasteiger partial charge in [-0.3, -0.25) is 14.9 Å². The SMILES string of the molecule is Cc1cc(NCCC(N)=O)ccc1[N+](=O)[O-]. The number of hydrogen-bond donors (Lipinski definition) is 2. The van der Waals surface area contributed by atoms with E-state index >= 15 is 0 Å². The molecule has 0 unspecified atom stereocenters. The molecule has 1 aromatic rings. The van der Waals surface area contributed by atoms with Gasteiger partial charge in [-0.25, -0.2) is 0 Å². The van der Waals surface area contributed by atoms with Gasteiger partial charge in [0.2, 0.25) is 5.91 Å². The summed E-state index contributed by atoms with van der Waals surface area (Å²) in [5.74, 6) is -0.383. The van der Waals surface area contributed by atoms with Crippen molar-refractivity contribution in [2.75, 3.05) is 11.9 Å². The summed E-state index contributed by atoms with van der Waals surface area (Å²) in [7, 11) is 0. The average molecular weight is 223 g/mol. The number of hydrogen-bond acceptors (Lipinski definition) is 4. The Morgan fingerprint density at radius 2 is 2.25 bits per heavy atom. The zero-order valence-corrected chi connectivity index (χ0v) is 8.90. The second kappa shape index (κ2) is 5.11. The number of nitrogens with one attached hydrogen (secondary N) is 1. The van der Waals surface area contributed by atoms with E-state index in [0.29, 0.717) is 12.1 Å². The van der Waals surface area contributed by atoms with Crippen LogP contribution in [0.4, 0.5) is 11.4 Å². The summed E-state index contributed by atoms with van der Waals surface area (Å²) in [6.45, 7) is 2.09. The maximum atomic E-state index is 10.6.